The van der Waals surface area contributed by atoms with E-state index in [4.69, 9.17) is 22.8 Å². The van der Waals surface area contributed by atoms with E-state index in [0.717, 1.165) is 0 Å². The number of hydrogen-bond donors (Lipinski definition) is 0. The Labute approximate surface area is 170 Å². The van der Waals surface area contributed by atoms with Gasteiger partial charge in [0.15, 0.2) is 5.40 Å². The zero-order valence-corrected chi connectivity index (χ0v) is 20.6. The summed E-state index contributed by atoms with van der Waals surface area (Å²) in [6.45, 7) is 16.8. The molecule has 0 atom stereocenters. The van der Waals surface area contributed by atoms with E-state index in [1.165, 1.54) is 0 Å². The molecule has 0 aromatic rings. The van der Waals surface area contributed by atoms with Crippen LogP contribution in [0, 0.1) is 0 Å². The minimum atomic E-state index is -4.09. The smallest absolute Gasteiger partial charge is 0.346 e. The lowest BCUT2D eigenvalue weighted by molar-refractivity contribution is -0.147. The first-order valence-electron chi connectivity index (χ1n) is 9.73. The highest BCUT2D eigenvalue weighted by Gasteiger charge is 2.54. The number of ether oxygens (including phenoxy) is 1. The summed E-state index contributed by atoms with van der Waals surface area (Å²) in [5, 5.41) is -1.44. The SMILES string of the molecule is CC(C)OC(=O)CC(P(=O)(OC(C)C)OC(C)C)P(=O)(OC(C)C)OC(C)C. The molecule has 0 spiro atoms. The van der Waals surface area contributed by atoms with Crippen molar-refractivity contribution in [2.45, 2.75) is 112 Å². The van der Waals surface area contributed by atoms with Crippen LogP contribution in [0.2, 0.25) is 0 Å². The van der Waals surface area contributed by atoms with Crippen LogP contribution in [0.3, 0.4) is 0 Å². The average Bonchev–Trinajstić information content (AvgIpc) is 2.39. The Morgan fingerprint density at radius 1 is 0.607 bits per heavy atom. The Morgan fingerprint density at radius 2 is 0.893 bits per heavy atom. The van der Waals surface area contributed by atoms with E-state index in [0.29, 0.717) is 0 Å². The summed E-state index contributed by atoms with van der Waals surface area (Å²) in [6.07, 6.45) is -2.87. The van der Waals surface area contributed by atoms with Crippen molar-refractivity contribution in [1.82, 2.24) is 0 Å². The van der Waals surface area contributed by atoms with Crippen LogP contribution in [-0.4, -0.2) is 41.9 Å². The molecular weight excluding hydrogens is 406 g/mol. The third-order valence-electron chi connectivity index (χ3n) is 2.88. The Kier molecular flexibility index (Phi) is 11.7. The fourth-order valence-corrected chi connectivity index (χ4v) is 8.16. The van der Waals surface area contributed by atoms with Gasteiger partial charge < -0.3 is 22.8 Å². The molecule has 0 fully saturated rings. The maximum Gasteiger partial charge on any atom is 0.346 e. The summed E-state index contributed by atoms with van der Waals surface area (Å²) in [6, 6.07) is 0. The molecule has 0 heterocycles. The summed E-state index contributed by atoms with van der Waals surface area (Å²) < 4.78 is 55.2. The molecule has 0 aromatic carbocycles. The fourth-order valence-electron chi connectivity index (χ4n) is 2.36. The van der Waals surface area contributed by atoms with Crippen LogP contribution < -0.4 is 0 Å². The van der Waals surface area contributed by atoms with Crippen LogP contribution in [-0.2, 0) is 36.8 Å². The van der Waals surface area contributed by atoms with E-state index in [1.807, 2.05) is 0 Å². The van der Waals surface area contributed by atoms with Crippen LogP contribution in [0.25, 0.3) is 0 Å². The number of hydrogen-bond acceptors (Lipinski definition) is 8. The van der Waals surface area contributed by atoms with Gasteiger partial charge in [-0.1, -0.05) is 0 Å². The van der Waals surface area contributed by atoms with Crippen LogP contribution in [0.15, 0.2) is 0 Å². The molecule has 0 aliphatic carbocycles. The van der Waals surface area contributed by atoms with E-state index in [9.17, 15) is 13.9 Å². The lowest BCUT2D eigenvalue weighted by Gasteiger charge is -2.34. The van der Waals surface area contributed by atoms with Crippen molar-refractivity contribution in [3.63, 3.8) is 0 Å². The van der Waals surface area contributed by atoms with Gasteiger partial charge in [0, 0.05) is 0 Å². The molecule has 0 N–H and O–H groups in total. The second-order valence-electron chi connectivity index (χ2n) is 7.92. The first-order chi connectivity index (χ1) is 12.6. The standard InChI is InChI=1S/C18H38O8P2/c1-12(2)22-17(19)11-18(27(20,23-13(3)4)24-14(5)6)28(21,25-15(7)8)26-16(9)10/h12-16,18H,11H2,1-10H3. The van der Waals surface area contributed by atoms with Gasteiger partial charge in [0.25, 0.3) is 0 Å². The molecular formula is C18H38O8P2. The van der Waals surface area contributed by atoms with Crippen LogP contribution in [0.5, 0.6) is 0 Å². The molecule has 8 nitrogen and oxygen atoms in total. The van der Waals surface area contributed by atoms with E-state index in [2.05, 4.69) is 0 Å². The first kappa shape index (κ1) is 27.8. The van der Waals surface area contributed by atoms with Gasteiger partial charge >= 0.3 is 21.2 Å². The van der Waals surface area contributed by atoms with Crippen molar-refractivity contribution < 1.29 is 36.8 Å². The van der Waals surface area contributed by atoms with Gasteiger partial charge in [-0.05, 0) is 69.2 Å². The Balaban J connectivity index is 6.34. The summed E-state index contributed by atoms with van der Waals surface area (Å²) in [7, 11) is -8.17. The van der Waals surface area contributed by atoms with Crippen LogP contribution in [0.1, 0.15) is 75.7 Å². The monoisotopic (exact) mass is 444 g/mol. The molecule has 0 saturated heterocycles. The first-order valence-corrected chi connectivity index (χ1v) is 13.0. The van der Waals surface area contributed by atoms with Gasteiger partial charge in [-0.25, -0.2) is 0 Å². The largest absolute Gasteiger partial charge is 0.463 e. The van der Waals surface area contributed by atoms with Crippen molar-refractivity contribution in [1.29, 1.82) is 0 Å². The van der Waals surface area contributed by atoms with Crippen molar-refractivity contribution in [3.8, 4) is 0 Å². The molecule has 0 bridgehead atoms. The van der Waals surface area contributed by atoms with Crippen molar-refractivity contribution >= 4 is 21.2 Å². The maximum absolute atomic E-state index is 13.8. The van der Waals surface area contributed by atoms with Gasteiger partial charge in [0.2, 0.25) is 0 Å². The number of carbonyl (C=O) groups is 1. The minimum absolute atomic E-state index is 0.388. The van der Waals surface area contributed by atoms with Gasteiger partial charge in [-0.3, -0.25) is 13.9 Å². The van der Waals surface area contributed by atoms with Crippen molar-refractivity contribution in [3.05, 3.63) is 0 Å². The zero-order valence-electron chi connectivity index (χ0n) is 18.8. The molecule has 0 aromatic heterocycles. The summed E-state index contributed by atoms with van der Waals surface area (Å²) >= 11 is 0. The second kappa shape index (κ2) is 11.8. The number of esters is 1. The number of carbonyl (C=O) groups excluding carboxylic acids is 1. The third-order valence-corrected chi connectivity index (χ3v) is 9.26. The predicted molar refractivity (Wildman–Crippen MR) is 110 cm³/mol. The molecule has 0 aliphatic heterocycles. The van der Waals surface area contributed by atoms with E-state index in [1.54, 1.807) is 69.2 Å². The molecule has 28 heavy (non-hydrogen) atoms. The van der Waals surface area contributed by atoms with E-state index < -0.39 is 57.4 Å². The normalized spacial score (nSPS) is 13.6. The van der Waals surface area contributed by atoms with E-state index >= 15 is 0 Å². The quantitative estimate of drug-likeness (QED) is 0.262. The Hall–Kier alpha value is -0.230. The topological polar surface area (TPSA) is 97.4 Å². The summed E-state index contributed by atoms with van der Waals surface area (Å²) in [4.78, 5) is 12.4. The molecule has 0 unspecified atom stereocenters. The molecule has 0 aliphatic rings. The summed E-state index contributed by atoms with van der Waals surface area (Å²) in [5.74, 6) is -0.681. The summed E-state index contributed by atoms with van der Waals surface area (Å²) in [5.41, 5.74) is 0. The van der Waals surface area contributed by atoms with Gasteiger partial charge in [0.05, 0.1) is 36.9 Å². The molecule has 10 heteroatoms. The zero-order chi connectivity index (χ0) is 22.3. The Bertz CT molecular complexity index is 506. The van der Waals surface area contributed by atoms with E-state index in [-0.39, 0.29) is 6.10 Å². The lowest BCUT2D eigenvalue weighted by Crippen LogP contribution is -2.27. The average molecular weight is 444 g/mol. The maximum atomic E-state index is 13.8. The number of rotatable bonds is 13. The second-order valence-corrected chi connectivity index (χ2v) is 12.6. The highest BCUT2D eigenvalue weighted by atomic mass is 31.2. The highest BCUT2D eigenvalue weighted by molar-refractivity contribution is 7.72. The van der Waals surface area contributed by atoms with Crippen LogP contribution in [0.4, 0.5) is 0 Å². The van der Waals surface area contributed by atoms with Gasteiger partial charge in [-0.15, -0.1) is 0 Å². The fraction of sp³-hybridized carbons (Fsp3) is 0.944. The lowest BCUT2D eigenvalue weighted by atomic mass is 10.4. The molecule has 0 saturated carbocycles. The third kappa shape index (κ3) is 10.00. The Morgan fingerprint density at radius 3 is 1.11 bits per heavy atom. The van der Waals surface area contributed by atoms with Gasteiger partial charge in [-0.2, -0.15) is 0 Å². The molecule has 0 radical (unpaired) electrons. The van der Waals surface area contributed by atoms with Crippen LogP contribution >= 0.6 is 15.2 Å². The predicted octanol–water partition coefficient (Wildman–Crippen LogP) is 5.74. The molecule has 0 rings (SSSR count). The highest BCUT2D eigenvalue weighted by Crippen LogP contribution is 2.73. The molecule has 0 amide bonds. The van der Waals surface area contributed by atoms with Crippen molar-refractivity contribution in [2.75, 3.05) is 0 Å². The van der Waals surface area contributed by atoms with Gasteiger partial charge in [0.1, 0.15) is 0 Å². The molecule has 168 valence electrons. The minimum Gasteiger partial charge on any atom is -0.463 e. The van der Waals surface area contributed by atoms with Crippen molar-refractivity contribution in [2.24, 2.45) is 0 Å².